The van der Waals surface area contributed by atoms with Gasteiger partial charge in [0, 0.05) is 19.2 Å². The van der Waals surface area contributed by atoms with Crippen LogP contribution in [0.2, 0.25) is 5.02 Å². The Morgan fingerprint density at radius 1 is 1.44 bits per heavy atom. The molecule has 1 rings (SSSR count). The smallest absolute Gasteiger partial charge is 0.339 e. The lowest BCUT2D eigenvalue weighted by Gasteiger charge is -2.06. The normalized spacial score (nSPS) is 9.89. The molecule has 0 bridgehead atoms. The lowest BCUT2D eigenvalue weighted by atomic mass is 10.2. The van der Waals surface area contributed by atoms with Gasteiger partial charge in [0.2, 0.25) is 5.91 Å². The van der Waals surface area contributed by atoms with Gasteiger partial charge in [-0.2, -0.15) is 0 Å². The zero-order valence-electron chi connectivity index (χ0n) is 10.0. The SMILES string of the molecule is CNC(=O)CCCOC(=O)c1ccc(N)cc1Cl. The first-order chi connectivity index (χ1) is 8.54. The zero-order chi connectivity index (χ0) is 13.5. The number of hydrogen-bond acceptors (Lipinski definition) is 4. The van der Waals surface area contributed by atoms with Gasteiger partial charge in [-0.15, -0.1) is 0 Å². The summed E-state index contributed by atoms with van der Waals surface area (Å²) in [6.07, 6.45) is 0.789. The number of carbonyl (C=O) groups excluding carboxylic acids is 2. The molecule has 0 heterocycles. The Bertz CT molecular complexity index is 449. The quantitative estimate of drug-likeness (QED) is 0.484. The Kier molecular flexibility index (Phi) is 5.45. The van der Waals surface area contributed by atoms with Crippen molar-refractivity contribution in [1.82, 2.24) is 5.32 Å². The van der Waals surface area contributed by atoms with Gasteiger partial charge in [0.05, 0.1) is 17.2 Å². The molecule has 0 radical (unpaired) electrons. The molecule has 0 saturated carbocycles. The van der Waals surface area contributed by atoms with Crippen LogP contribution in [0, 0.1) is 0 Å². The summed E-state index contributed by atoms with van der Waals surface area (Å²) < 4.78 is 5.00. The standard InChI is InChI=1S/C12H15ClN2O3/c1-15-11(16)3-2-6-18-12(17)9-5-4-8(14)7-10(9)13/h4-5,7H,2-3,6,14H2,1H3,(H,15,16). The number of hydrogen-bond donors (Lipinski definition) is 2. The number of anilines is 1. The average Bonchev–Trinajstić information content (AvgIpc) is 2.34. The van der Waals surface area contributed by atoms with Crippen molar-refractivity contribution in [3.8, 4) is 0 Å². The summed E-state index contributed by atoms with van der Waals surface area (Å²) in [6, 6.07) is 4.58. The second kappa shape index (κ2) is 6.86. The van der Waals surface area contributed by atoms with Crippen LogP contribution in [0.1, 0.15) is 23.2 Å². The van der Waals surface area contributed by atoms with Gasteiger partial charge in [-0.1, -0.05) is 11.6 Å². The number of nitrogen functional groups attached to an aromatic ring is 1. The van der Waals surface area contributed by atoms with E-state index in [1.54, 1.807) is 13.1 Å². The van der Waals surface area contributed by atoms with Gasteiger partial charge in [-0.3, -0.25) is 4.79 Å². The van der Waals surface area contributed by atoms with Gasteiger partial charge in [-0.25, -0.2) is 4.79 Å². The first-order valence-electron chi connectivity index (χ1n) is 5.47. The van der Waals surface area contributed by atoms with Gasteiger partial charge in [-0.05, 0) is 24.6 Å². The number of esters is 1. The molecule has 0 atom stereocenters. The van der Waals surface area contributed by atoms with E-state index in [0.29, 0.717) is 18.5 Å². The molecule has 0 saturated heterocycles. The highest BCUT2D eigenvalue weighted by atomic mass is 35.5. The number of carbonyl (C=O) groups is 2. The molecular weight excluding hydrogens is 256 g/mol. The van der Waals surface area contributed by atoms with E-state index in [9.17, 15) is 9.59 Å². The third-order valence-electron chi connectivity index (χ3n) is 2.27. The fourth-order valence-corrected chi connectivity index (χ4v) is 1.56. The fraction of sp³-hybridized carbons (Fsp3) is 0.333. The van der Waals surface area contributed by atoms with Crippen molar-refractivity contribution >= 4 is 29.2 Å². The highest BCUT2D eigenvalue weighted by molar-refractivity contribution is 6.33. The van der Waals surface area contributed by atoms with E-state index >= 15 is 0 Å². The third kappa shape index (κ3) is 4.25. The molecule has 1 aromatic carbocycles. The van der Waals surface area contributed by atoms with E-state index in [-0.39, 0.29) is 23.1 Å². The molecule has 0 spiro atoms. The van der Waals surface area contributed by atoms with E-state index in [2.05, 4.69) is 5.32 Å². The summed E-state index contributed by atoms with van der Waals surface area (Å²) in [6.45, 7) is 0.174. The van der Waals surface area contributed by atoms with Crippen LogP contribution in [0.5, 0.6) is 0 Å². The Hall–Kier alpha value is -1.75. The van der Waals surface area contributed by atoms with Crippen LogP contribution in [-0.2, 0) is 9.53 Å². The molecule has 0 aromatic heterocycles. The molecule has 3 N–H and O–H groups in total. The molecule has 1 amide bonds. The number of rotatable bonds is 5. The van der Waals surface area contributed by atoms with Crippen molar-refractivity contribution in [2.45, 2.75) is 12.8 Å². The van der Waals surface area contributed by atoms with E-state index in [4.69, 9.17) is 22.1 Å². The summed E-state index contributed by atoms with van der Waals surface area (Å²) >= 11 is 5.87. The van der Waals surface area contributed by atoms with E-state index in [0.717, 1.165) is 0 Å². The van der Waals surface area contributed by atoms with Crippen molar-refractivity contribution in [3.63, 3.8) is 0 Å². The molecule has 6 heteroatoms. The summed E-state index contributed by atoms with van der Waals surface area (Å²) in [4.78, 5) is 22.6. The first kappa shape index (κ1) is 14.3. The van der Waals surface area contributed by atoms with Crippen molar-refractivity contribution < 1.29 is 14.3 Å². The van der Waals surface area contributed by atoms with Crippen LogP contribution in [0.15, 0.2) is 18.2 Å². The van der Waals surface area contributed by atoms with Crippen LogP contribution in [0.3, 0.4) is 0 Å². The minimum atomic E-state index is -0.517. The third-order valence-corrected chi connectivity index (χ3v) is 2.59. The number of nitrogens with two attached hydrogens (primary N) is 1. The topological polar surface area (TPSA) is 81.4 Å². The second-order valence-corrected chi connectivity index (χ2v) is 4.06. The summed E-state index contributed by atoms with van der Waals surface area (Å²) in [5, 5.41) is 2.74. The summed E-state index contributed by atoms with van der Waals surface area (Å²) in [5.74, 6) is -0.603. The number of ether oxygens (including phenoxy) is 1. The molecule has 1 aromatic rings. The molecule has 0 aliphatic carbocycles. The first-order valence-corrected chi connectivity index (χ1v) is 5.85. The largest absolute Gasteiger partial charge is 0.462 e. The lowest BCUT2D eigenvalue weighted by Crippen LogP contribution is -2.18. The van der Waals surface area contributed by atoms with Crippen LogP contribution in [-0.4, -0.2) is 25.5 Å². The van der Waals surface area contributed by atoms with Crippen molar-refractivity contribution in [2.24, 2.45) is 0 Å². The van der Waals surface area contributed by atoms with Crippen LogP contribution >= 0.6 is 11.6 Å². The minimum absolute atomic E-state index is 0.0865. The molecule has 0 fully saturated rings. The highest BCUT2D eigenvalue weighted by Gasteiger charge is 2.11. The number of nitrogens with one attached hydrogen (secondary N) is 1. The van der Waals surface area contributed by atoms with Crippen LogP contribution < -0.4 is 11.1 Å². The Balaban J connectivity index is 2.43. The summed E-state index contributed by atoms with van der Waals surface area (Å²) in [5.41, 5.74) is 6.27. The molecule has 98 valence electrons. The number of amides is 1. The Morgan fingerprint density at radius 2 is 2.17 bits per heavy atom. The summed E-state index contributed by atoms with van der Waals surface area (Å²) in [7, 11) is 1.56. The molecular formula is C12H15ClN2O3. The molecule has 18 heavy (non-hydrogen) atoms. The lowest BCUT2D eigenvalue weighted by molar-refractivity contribution is -0.120. The monoisotopic (exact) mass is 270 g/mol. The van der Waals surface area contributed by atoms with Crippen molar-refractivity contribution in [2.75, 3.05) is 19.4 Å². The predicted molar refractivity (Wildman–Crippen MR) is 69.4 cm³/mol. The molecule has 0 aliphatic heterocycles. The maximum absolute atomic E-state index is 11.6. The second-order valence-electron chi connectivity index (χ2n) is 3.65. The van der Waals surface area contributed by atoms with Crippen molar-refractivity contribution in [3.05, 3.63) is 28.8 Å². The molecule has 0 unspecified atom stereocenters. The minimum Gasteiger partial charge on any atom is -0.462 e. The van der Waals surface area contributed by atoms with Crippen LogP contribution in [0.4, 0.5) is 5.69 Å². The van der Waals surface area contributed by atoms with Gasteiger partial charge in [0.15, 0.2) is 0 Å². The Morgan fingerprint density at radius 3 is 2.78 bits per heavy atom. The predicted octanol–water partition coefficient (Wildman–Crippen LogP) is 1.61. The molecule has 5 nitrogen and oxygen atoms in total. The van der Waals surface area contributed by atoms with E-state index in [1.165, 1.54) is 12.1 Å². The van der Waals surface area contributed by atoms with Crippen molar-refractivity contribution in [1.29, 1.82) is 0 Å². The maximum atomic E-state index is 11.6. The van der Waals surface area contributed by atoms with Gasteiger partial charge < -0.3 is 15.8 Å². The highest BCUT2D eigenvalue weighted by Crippen LogP contribution is 2.19. The molecule has 0 aliphatic rings. The van der Waals surface area contributed by atoms with Crippen LogP contribution in [0.25, 0.3) is 0 Å². The van der Waals surface area contributed by atoms with Gasteiger partial charge in [0.1, 0.15) is 0 Å². The number of halogens is 1. The van der Waals surface area contributed by atoms with Gasteiger partial charge >= 0.3 is 5.97 Å². The Labute approximate surface area is 110 Å². The van der Waals surface area contributed by atoms with Gasteiger partial charge in [0.25, 0.3) is 0 Å². The zero-order valence-corrected chi connectivity index (χ0v) is 10.8. The number of benzene rings is 1. The van der Waals surface area contributed by atoms with E-state index in [1.807, 2.05) is 0 Å². The maximum Gasteiger partial charge on any atom is 0.339 e. The fourth-order valence-electron chi connectivity index (χ4n) is 1.30. The average molecular weight is 271 g/mol. The van der Waals surface area contributed by atoms with E-state index < -0.39 is 5.97 Å².